The number of amides is 2. The molecular formula is C21H23N3O2. The Bertz CT molecular complexity index is 836. The first-order valence-electron chi connectivity index (χ1n) is 9.10. The highest BCUT2D eigenvalue weighted by molar-refractivity contribution is 5.95. The normalized spacial score (nSPS) is 23.9. The van der Waals surface area contributed by atoms with E-state index >= 15 is 0 Å². The van der Waals surface area contributed by atoms with Gasteiger partial charge in [-0.15, -0.1) is 0 Å². The van der Waals surface area contributed by atoms with Gasteiger partial charge < -0.3 is 10.2 Å². The van der Waals surface area contributed by atoms with Gasteiger partial charge in [0.05, 0.1) is 0 Å². The maximum Gasteiger partial charge on any atom is 0.253 e. The highest BCUT2D eigenvalue weighted by Gasteiger charge is 2.61. The topological polar surface area (TPSA) is 62.3 Å². The molecule has 5 nitrogen and oxygen atoms in total. The zero-order chi connectivity index (χ0) is 18.1. The van der Waals surface area contributed by atoms with Gasteiger partial charge in [-0.3, -0.25) is 14.6 Å². The Hall–Kier alpha value is -2.69. The Balaban J connectivity index is 1.34. The number of likely N-dealkylation sites (tertiary alicyclic amines) is 1. The minimum atomic E-state index is -0.0121. The number of carbonyl (C=O) groups excluding carboxylic acids is 2. The Kier molecular flexibility index (Phi) is 4.23. The molecule has 2 atom stereocenters. The van der Waals surface area contributed by atoms with E-state index in [4.69, 9.17) is 0 Å². The molecule has 0 bridgehead atoms. The first kappa shape index (κ1) is 16.8. The fraction of sp³-hybridized carbons (Fsp3) is 0.381. The van der Waals surface area contributed by atoms with Crippen LogP contribution in [0.5, 0.6) is 0 Å². The van der Waals surface area contributed by atoms with Gasteiger partial charge in [-0.2, -0.15) is 0 Å². The molecule has 2 heterocycles. The van der Waals surface area contributed by atoms with Gasteiger partial charge in [0, 0.05) is 48.9 Å². The second-order valence-corrected chi connectivity index (χ2v) is 7.54. The van der Waals surface area contributed by atoms with Crippen LogP contribution in [0.25, 0.3) is 0 Å². The van der Waals surface area contributed by atoms with Crippen molar-refractivity contribution in [2.24, 2.45) is 11.3 Å². The average Bonchev–Trinajstić information content (AvgIpc) is 3.20. The molecule has 26 heavy (non-hydrogen) atoms. The van der Waals surface area contributed by atoms with Crippen LogP contribution in [0.15, 0.2) is 48.8 Å². The zero-order valence-electron chi connectivity index (χ0n) is 14.9. The van der Waals surface area contributed by atoms with Crippen molar-refractivity contribution in [3.8, 4) is 0 Å². The predicted molar refractivity (Wildman–Crippen MR) is 98.3 cm³/mol. The number of aryl methyl sites for hydroxylation is 1. The average molecular weight is 349 g/mol. The molecule has 5 heteroatoms. The highest BCUT2D eigenvalue weighted by Crippen LogP contribution is 2.58. The number of aromatic nitrogens is 1. The molecule has 2 fully saturated rings. The molecule has 1 N–H and O–H groups in total. The number of rotatable bonds is 4. The maximum atomic E-state index is 12.7. The van der Waals surface area contributed by atoms with Gasteiger partial charge >= 0.3 is 0 Å². The van der Waals surface area contributed by atoms with Gasteiger partial charge in [0.2, 0.25) is 5.91 Å². The molecular weight excluding hydrogens is 326 g/mol. The maximum absolute atomic E-state index is 12.7. The summed E-state index contributed by atoms with van der Waals surface area (Å²) in [5.74, 6) is 0.208. The summed E-state index contributed by atoms with van der Waals surface area (Å²) in [6, 6.07) is 11.5. The number of pyridine rings is 1. The first-order chi connectivity index (χ1) is 12.6. The molecule has 2 unspecified atom stereocenters. The van der Waals surface area contributed by atoms with Crippen LogP contribution in [-0.4, -0.2) is 34.8 Å². The third-order valence-corrected chi connectivity index (χ3v) is 5.66. The molecule has 2 aliphatic rings. The quantitative estimate of drug-likeness (QED) is 0.923. The molecule has 2 amide bonds. The van der Waals surface area contributed by atoms with Gasteiger partial charge in [0.1, 0.15) is 0 Å². The van der Waals surface area contributed by atoms with Crippen LogP contribution in [0.4, 0.5) is 0 Å². The minimum absolute atomic E-state index is 0.0121. The molecule has 1 saturated carbocycles. The van der Waals surface area contributed by atoms with E-state index in [9.17, 15) is 9.59 Å². The third-order valence-electron chi connectivity index (χ3n) is 5.66. The Morgan fingerprint density at radius 3 is 2.85 bits per heavy atom. The first-order valence-corrected chi connectivity index (χ1v) is 9.10. The van der Waals surface area contributed by atoms with Crippen molar-refractivity contribution in [3.05, 3.63) is 65.5 Å². The molecule has 1 aromatic heterocycles. The Morgan fingerprint density at radius 1 is 1.27 bits per heavy atom. The van der Waals surface area contributed by atoms with E-state index in [0.29, 0.717) is 13.1 Å². The van der Waals surface area contributed by atoms with Crippen molar-refractivity contribution < 1.29 is 9.59 Å². The lowest BCUT2D eigenvalue weighted by molar-refractivity contribution is -0.123. The smallest absolute Gasteiger partial charge is 0.253 e. The summed E-state index contributed by atoms with van der Waals surface area (Å²) in [6.07, 6.45) is 5.25. The lowest BCUT2D eigenvalue weighted by Gasteiger charge is -2.17. The summed E-state index contributed by atoms with van der Waals surface area (Å²) in [5.41, 5.74) is 2.86. The fourth-order valence-electron chi connectivity index (χ4n) is 4.01. The number of hydrogen-bond donors (Lipinski definition) is 1. The third kappa shape index (κ3) is 3.21. The van der Waals surface area contributed by atoms with Crippen LogP contribution in [-0.2, 0) is 11.3 Å². The number of benzene rings is 1. The van der Waals surface area contributed by atoms with Crippen molar-refractivity contribution >= 4 is 11.8 Å². The molecule has 1 spiro atoms. The van der Waals surface area contributed by atoms with E-state index in [1.54, 1.807) is 12.4 Å². The van der Waals surface area contributed by atoms with Crippen molar-refractivity contribution in [1.29, 1.82) is 0 Å². The van der Waals surface area contributed by atoms with Gasteiger partial charge in [-0.1, -0.05) is 17.7 Å². The molecule has 0 radical (unpaired) electrons. The molecule has 4 rings (SSSR count). The molecule has 1 aliphatic carbocycles. The number of nitrogens with one attached hydrogen (secondary N) is 1. The zero-order valence-corrected chi connectivity index (χ0v) is 14.9. The van der Waals surface area contributed by atoms with Crippen molar-refractivity contribution in [2.45, 2.75) is 26.3 Å². The van der Waals surface area contributed by atoms with Crippen molar-refractivity contribution in [1.82, 2.24) is 15.2 Å². The van der Waals surface area contributed by atoms with Crippen LogP contribution in [0.2, 0.25) is 0 Å². The van der Waals surface area contributed by atoms with Crippen molar-refractivity contribution in [2.75, 3.05) is 13.1 Å². The standard InChI is InChI=1S/C21H23N3O2/c1-15-3-2-4-17(11-15)20(26)24-10-7-21(14-24)12-18(21)19(25)23-13-16-5-8-22-9-6-16/h2-6,8-9,11,18H,7,10,12-14H2,1H3,(H,23,25). The van der Waals surface area contributed by atoms with Gasteiger partial charge in [-0.25, -0.2) is 0 Å². The number of hydrogen-bond acceptors (Lipinski definition) is 3. The van der Waals surface area contributed by atoms with Crippen LogP contribution >= 0.6 is 0 Å². The number of nitrogens with zero attached hydrogens (tertiary/aromatic N) is 2. The fourth-order valence-corrected chi connectivity index (χ4v) is 4.01. The van der Waals surface area contributed by atoms with Crippen LogP contribution < -0.4 is 5.32 Å². The van der Waals surface area contributed by atoms with Gasteiger partial charge in [-0.05, 0) is 49.6 Å². The Labute approximate surface area is 153 Å². The summed E-state index contributed by atoms with van der Waals surface area (Å²) in [7, 11) is 0. The van der Waals surface area contributed by atoms with E-state index in [1.807, 2.05) is 48.2 Å². The second kappa shape index (κ2) is 6.56. The lowest BCUT2D eigenvalue weighted by Crippen LogP contribution is -2.31. The van der Waals surface area contributed by atoms with Crippen LogP contribution in [0.3, 0.4) is 0 Å². The summed E-state index contributed by atoms with van der Waals surface area (Å²) >= 11 is 0. The summed E-state index contributed by atoms with van der Waals surface area (Å²) < 4.78 is 0. The second-order valence-electron chi connectivity index (χ2n) is 7.54. The van der Waals surface area contributed by atoms with Gasteiger partial charge in [0.15, 0.2) is 0 Å². The van der Waals surface area contributed by atoms with E-state index < -0.39 is 0 Å². The minimum Gasteiger partial charge on any atom is -0.352 e. The Morgan fingerprint density at radius 2 is 2.08 bits per heavy atom. The largest absolute Gasteiger partial charge is 0.352 e. The summed E-state index contributed by atoms with van der Waals surface area (Å²) in [4.78, 5) is 31.1. The SMILES string of the molecule is Cc1cccc(C(=O)N2CCC3(CC3C(=O)NCc3ccncc3)C2)c1. The molecule has 1 saturated heterocycles. The van der Waals surface area contributed by atoms with Crippen molar-refractivity contribution in [3.63, 3.8) is 0 Å². The molecule has 134 valence electrons. The van der Waals surface area contributed by atoms with E-state index in [1.165, 1.54) is 0 Å². The van der Waals surface area contributed by atoms with Crippen LogP contribution in [0.1, 0.15) is 34.3 Å². The van der Waals surface area contributed by atoms with E-state index in [2.05, 4.69) is 10.3 Å². The van der Waals surface area contributed by atoms with Gasteiger partial charge in [0.25, 0.3) is 5.91 Å². The molecule has 1 aliphatic heterocycles. The van der Waals surface area contributed by atoms with E-state index in [0.717, 1.165) is 36.1 Å². The summed E-state index contributed by atoms with van der Waals surface area (Å²) in [6.45, 7) is 3.94. The lowest BCUT2D eigenvalue weighted by atomic mass is 10.0. The van der Waals surface area contributed by atoms with Crippen LogP contribution in [0, 0.1) is 18.3 Å². The number of carbonyl (C=O) groups is 2. The predicted octanol–water partition coefficient (Wildman–Crippen LogP) is 2.56. The monoisotopic (exact) mass is 349 g/mol. The molecule has 1 aromatic carbocycles. The highest BCUT2D eigenvalue weighted by atomic mass is 16.2. The summed E-state index contributed by atoms with van der Waals surface area (Å²) in [5, 5.41) is 3.03. The van der Waals surface area contributed by atoms with E-state index in [-0.39, 0.29) is 23.1 Å². The molecule has 2 aromatic rings.